The number of carbonyl (C=O) groups excluding carboxylic acids is 1. The molecule has 35 heavy (non-hydrogen) atoms. The topological polar surface area (TPSA) is 104 Å². The number of piperazine rings is 1. The number of ether oxygens (including phenoxy) is 1. The van der Waals surface area contributed by atoms with Gasteiger partial charge in [-0.05, 0) is 35.7 Å². The van der Waals surface area contributed by atoms with E-state index < -0.39 is 20.0 Å². The molecular formula is C23H31N3O6S3. The van der Waals surface area contributed by atoms with Crippen LogP contribution in [0.15, 0.2) is 45.5 Å². The molecule has 0 atom stereocenters. The summed E-state index contributed by atoms with van der Waals surface area (Å²) < 4.78 is 59.9. The van der Waals surface area contributed by atoms with E-state index in [1.165, 1.54) is 8.61 Å². The third kappa shape index (κ3) is 5.78. The van der Waals surface area contributed by atoms with Crippen LogP contribution in [0.3, 0.4) is 0 Å². The number of morpholine rings is 1. The molecule has 0 radical (unpaired) electrons. The average Bonchev–Trinajstić information content (AvgIpc) is 3.34. The van der Waals surface area contributed by atoms with Crippen molar-refractivity contribution >= 4 is 37.3 Å². The molecule has 2 aromatic rings. The van der Waals surface area contributed by atoms with E-state index in [0.717, 1.165) is 16.9 Å². The van der Waals surface area contributed by atoms with E-state index in [9.17, 15) is 21.6 Å². The second-order valence-electron chi connectivity index (χ2n) is 8.92. The van der Waals surface area contributed by atoms with Crippen LogP contribution in [0, 0.1) is 0 Å². The molecule has 3 heterocycles. The van der Waals surface area contributed by atoms with Crippen LogP contribution in [0.4, 0.5) is 0 Å². The van der Waals surface area contributed by atoms with Gasteiger partial charge in [-0.25, -0.2) is 16.8 Å². The molecule has 2 saturated heterocycles. The summed E-state index contributed by atoms with van der Waals surface area (Å²) in [6.07, 6.45) is 0.0900. The lowest BCUT2D eigenvalue weighted by Gasteiger charge is -2.34. The van der Waals surface area contributed by atoms with Gasteiger partial charge in [-0.1, -0.05) is 26.0 Å². The Bertz CT molecular complexity index is 1240. The number of rotatable bonds is 7. The van der Waals surface area contributed by atoms with Gasteiger partial charge in [0.05, 0.1) is 24.5 Å². The predicted octanol–water partition coefficient (Wildman–Crippen LogP) is 1.97. The van der Waals surface area contributed by atoms with Crippen molar-refractivity contribution in [2.24, 2.45) is 0 Å². The summed E-state index contributed by atoms with van der Waals surface area (Å²) in [6.45, 7) is 6.55. The highest BCUT2D eigenvalue weighted by molar-refractivity contribution is 7.91. The summed E-state index contributed by atoms with van der Waals surface area (Å²) in [5.74, 6) is 0.181. The second-order valence-corrected chi connectivity index (χ2v) is 14.2. The molecule has 2 aliphatic rings. The fraction of sp³-hybridized carbons (Fsp3) is 0.522. The molecule has 2 aliphatic heterocycles. The lowest BCUT2D eigenvalue weighted by molar-refractivity contribution is -0.131. The zero-order valence-electron chi connectivity index (χ0n) is 19.9. The second kappa shape index (κ2) is 10.7. The Morgan fingerprint density at radius 3 is 2.06 bits per heavy atom. The number of thiophene rings is 1. The van der Waals surface area contributed by atoms with Crippen LogP contribution in [-0.4, -0.2) is 88.7 Å². The fourth-order valence-electron chi connectivity index (χ4n) is 4.12. The third-order valence-electron chi connectivity index (χ3n) is 6.30. The van der Waals surface area contributed by atoms with Crippen molar-refractivity contribution in [3.05, 3.63) is 46.8 Å². The van der Waals surface area contributed by atoms with Crippen LogP contribution in [0.2, 0.25) is 0 Å². The molecule has 4 rings (SSSR count). The summed E-state index contributed by atoms with van der Waals surface area (Å²) in [4.78, 5) is 15.4. The summed E-state index contributed by atoms with van der Waals surface area (Å²) in [5, 5.41) is 0. The summed E-state index contributed by atoms with van der Waals surface area (Å²) in [7, 11) is -7.21. The Balaban J connectivity index is 1.34. The van der Waals surface area contributed by atoms with Gasteiger partial charge in [-0.2, -0.15) is 8.61 Å². The number of sulfonamides is 2. The van der Waals surface area contributed by atoms with Crippen molar-refractivity contribution in [1.82, 2.24) is 13.5 Å². The average molecular weight is 542 g/mol. The number of benzene rings is 1. The lowest BCUT2D eigenvalue weighted by atomic mass is 10.0. The molecule has 0 N–H and O–H groups in total. The van der Waals surface area contributed by atoms with E-state index >= 15 is 0 Å². The first-order valence-electron chi connectivity index (χ1n) is 11.6. The SMILES string of the molecule is CC(C)c1ccc(S(=O)(=O)N2CCN(C(=O)Cc3ccc(S(=O)(=O)N4CCOCC4)s3)CC2)cc1. The first-order chi connectivity index (χ1) is 16.6. The van der Waals surface area contributed by atoms with Gasteiger partial charge in [-0.15, -0.1) is 11.3 Å². The highest BCUT2D eigenvalue weighted by Gasteiger charge is 2.31. The summed E-state index contributed by atoms with van der Waals surface area (Å²) in [6, 6.07) is 10.2. The van der Waals surface area contributed by atoms with Gasteiger partial charge in [0.15, 0.2) is 0 Å². The molecule has 192 valence electrons. The number of hydrogen-bond acceptors (Lipinski definition) is 7. The normalized spacial score (nSPS) is 18.8. The first kappa shape index (κ1) is 26.2. The van der Waals surface area contributed by atoms with Crippen LogP contribution in [-0.2, 0) is 36.0 Å². The number of hydrogen-bond donors (Lipinski definition) is 0. The van der Waals surface area contributed by atoms with E-state index in [-0.39, 0.29) is 34.5 Å². The molecule has 12 heteroatoms. The molecule has 1 aromatic carbocycles. The fourth-order valence-corrected chi connectivity index (χ4v) is 8.45. The highest BCUT2D eigenvalue weighted by atomic mass is 32.2. The maximum atomic E-state index is 13.0. The standard InChI is InChI=1S/C23H31N3O6S3/c1-18(2)19-3-6-21(7-4-19)34(28,29)25-11-9-24(10-12-25)22(27)17-20-5-8-23(33-20)35(30,31)26-13-15-32-16-14-26/h3-8,18H,9-17H2,1-2H3. The number of nitrogens with zero attached hydrogens (tertiary/aromatic N) is 3. The van der Waals surface area contributed by atoms with Crippen molar-refractivity contribution in [3.8, 4) is 0 Å². The smallest absolute Gasteiger partial charge is 0.252 e. The third-order valence-corrected chi connectivity index (χ3v) is 11.7. The van der Waals surface area contributed by atoms with Crippen molar-refractivity contribution in [3.63, 3.8) is 0 Å². The Hall–Kier alpha value is -1.83. The number of amides is 1. The molecule has 0 unspecified atom stereocenters. The molecule has 9 nitrogen and oxygen atoms in total. The Labute approximate surface area is 211 Å². The lowest BCUT2D eigenvalue weighted by Crippen LogP contribution is -2.50. The van der Waals surface area contributed by atoms with Gasteiger partial charge in [-0.3, -0.25) is 4.79 Å². The Kier molecular flexibility index (Phi) is 7.99. The maximum Gasteiger partial charge on any atom is 0.252 e. The van der Waals surface area contributed by atoms with Gasteiger partial charge >= 0.3 is 0 Å². The van der Waals surface area contributed by atoms with Crippen molar-refractivity contribution in [2.75, 3.05) is 52.5 Å². The molecular weight excluding hydrogens is 510 g/mol. The van der Waals surface area contributed by atoms with Crippen molar-refractivity contribution in [2.45, 2.75) is 35.3 Å². The molecule has 1 amide bonds. The zero-order chi connectivity index (χ0) is 25.2. The molecule has 1 aromatic heterocycles. The monoisotopic (exact) mass is 541 g/mol. The summed E-state index contributed by atoms with van der Waals surface area (Å²) in [5.41, 5.74) is 1.08. The number of carbonyl (C=O) groups is 1. The summed E-state index contributed by atoms with van der Waals surface area (Å²) >= 11 is 1.11. The Morgan fingerprint density at radius 1 is 0.857 bits per heavy atom. The largest absolute Gasteiger partial charge is 0.379 e. The van der Waals surface area contributed by atoms with E-state index in [1.807, 2.05) is 12.1 Å². The zero-order valence-corrected chi connectivity index (χ0v) is 22.4. The van der Waals surface area contributed by atoms with Gasteiger partial charge in [0.2, 0.25) is 15.9 Å². The van der Waals surface area contributed by atoms with E-state index in [2.05, 4.69) is 13.8 Å². The molecule has 0 spiro atoms. The minimum absolute atomic E-state index is 0.0900. The van der Waals surface area contributed by atoms with Crippen LogP contribution >= 0.6 is 11.3 Å². The van der Waals surface area contributed by atoms with Crippen LogP contribution < -0.4 is 0 Å². The molecule has 2 fully saturated rings. The van der Waals surface area contributed by atoms with Crippen LogP contribution in [0.5, 0.6) is 0 Å². The molecule has 0 bridgehead atoms. The van der Waals surface area contributed by atoms with Crippen molar-refractivity contribution in [1.29, 1.82) is 0 Å². The van der Waals surface area contributed by atoms with E-state index in [4.69, 9.17) is 4.74 Å². The Morgan fingerprint density at radius 2 is 1.46 bits per heavy atom. The molecule has 0 saturated carbocycles. The predicted molar refractivity (Wildman–Crippen MR) is 133 cm³/mol. The quantitative estimate of drug-likeness (QED) is 0.531. The molecule has 0 aliphatic carbocycles. The van der Waals surface area contributed by atoms with Gasteiger partial charge < -0.3 is 9.64 Å². The van der Waals surface area contributed by atoms with Crippen LogP contribution in [0.25, 0.3) is 0 Å². The highest BCUT2D eigenvalue weighted by Crippen LogP contribution is 2.27. The van der Waals surface area contributed by atoms with Crippen LogP contribution in [0.1, 0.15) is 30.2 Å². The van der Waals surface area contributed by atoms with Gasteiger partial charge in [0.25, 0.3) is 10.0 Å². The van der Waals surface area contributed by atoms with Gasteiger partial charge in [0, 0.05) is 44.1 Å². The van der Waals surface area contributed by atoms with Crippen molar-refractivity contribution < 1.29 is 26.4 Å². The van der Waals surface area contributed by atoms with E-state index in [1.54, 1.807) is 29.2 Å². The van der Waals surface area contributed by atoms with Gasteiger partial charge in [0.1, 0.15) is 4.21 Å². The maximum absolute atomic E-state index is 13.0. The minimum atomic E-state index is -3.62. The minimum Gasteiger partial charge on any atom is -0.379 e. The first-order valence-corrected chi connectivity index (χ1v) is 15.3. The van der Waals surface area contributed by atoms with E-state index in [0.29, 0.717) is 50.2 Å².